The predicted octanol–water partition coefficient (Wildman–Crippen LogP) is 3.51. The average Bonchev–Trinajstić information content (AvgIpc) is 2.90. The standard InChI is InChI=1S/C20H14ClN3O3/c21-13-6-7-14-15(11-13)20(27)24(19(14)26)10-8-17(25)23-16-5-1-3-12-4-2-9-22-18(12)16/h1-7,9,11H,8,10H2,(H,23,25). The van der Waals surface area contributed by atoms with E-state index < -0.39 is 11.8 Å². The summed E-state index contributed by atoms with van der Waals surface area (Å²) in [6.45, 7) is -0.00596. The lowest BCUT2D eigenvalue weighted by Crippen LogP contribution is -2.32. The first-order valence-corrected chi connectivity index (χ1v) is 8.72. The van der Waals surface area contributed by atoms with Crippen LogP contribution in [0.5, 0.6) is 0 Å². The van der Waals surface area contributed by atoms with Crippen molar-refractivity contribution >= 4 is 45.9 Å². The summed E-state index contributed by atoms with van der Waals surface area (Å²) >= 11 is 5.90. The first-order chi connectivity index (χ1) is 13.0. The third-order valence-corrected chi connectivity index (χ3v) is 4.64. The molecule has 134 valence electrons. The van der Waals surface area contributed by atoms with Crippen LogP contribution in [0.25, 0.3) is 10.9 Å². The number of amides is 3. The minimum Gasteiger partial charge on any atom is -0.324 e. The molecule has 7 heteroatoms. The van der Waals surface area contributed by atoms with Gasteiger partial charge in [0, 0.05) is 29.6 Å². The highest BCUT2D eigenvalue weighted by Crippen LogP contribution is 2.26. The lowest BCUT2D eigenvalue weighted by atomic mass is 10.1. The van der Waals surface area contributed by atoms with E-state index in [1.54, 1.807) is 18.3 Å². The van der Waals surface area contributed by atoms with Crippen molar-refractivity contribution in [2.24, 2.45) is 0 Å². The molecule has 0 saturated heterocycles. The number of carbonyl (C=O) groups is 3. The number of hydrogen-bond donors (Lipinski definition) is 1. The van der Waals surface area contributed by atoms with E-state index in [4.69, 9.17) is 11.6 Å². The summed E-state index contributed by atoms with van der Waals surface area (Å²) in [5.41, 5.74) is 1.85. The smallest absolute Gasteiger partial charge is 0.261 e. The molecule has 0 atom stereocenters. The summed E-state index contributed by atoms with van der Waals surface area (Å²) in [6, 6.07) is 13.8. The number of benzene rings is 2. The highest BCUT2D eigenvalue weighted by atomic mass is 35.5. The molecule has 3 amide bonds. The van der Waals surface area contributed by atoms with Gasteiger partial charge in [-0.05, 0) is 30.3 Å². The van der Waals surface area contributed by atoms with E-state index in [1.165, 1.54) is 12.1 Å². The Labute approximate surface area is 159 Å². The van der Waals surface area contributed by atoms with E-state index in [0.717, 1.165) is 10.3 Å². The zero-order chi connectivity index (χ0) is 19.0. The normalized spacial score (nSPS) is 13.1. The van der Waals surface area contributed by atoms with Crippen molar-refractivity contribution in [2.45, 2.75) is 6.42 Å². The molecule has 2 heterocycles. The van der Waals surface area contributed by atoms with Gasteiger partial charge in [0.2, 0.25) is 5.91 Å². The van der Waals surface area contributed by atoms with Crippen LogP contribution in [-0.4, -0.2) is 34.2 Å². The number of rotatable bonds is 4. The fourth-order valence-corrected chi connectivity index (χ4v) is 3.27. The van der Waals surface area contributed by atoms with Crippen molar-refractivity contribution in [3.63, 3.8) is 0 Å². The van der Waals surface area contributed by atoms with Crippen molar-refractivity contribution in [3.8, 4) is 0 Å². The van der Waals surface area contributed by atoms with Crippen LogP contribution in [0.2, 0.25) is 5.02 Å². The quantitative estimate of drug-likeness (QED) is 0.703. The number of nitrogens with zero attached hydrogens (tertiary/aromatic N) is 2. The Morgan fingerprint density at radius 1 is 1.04 bits per heavy atom. The molecule has 4 rings (SSSR count). The molecule has 0 unspecified atom stereocenters. The number of anilines is 1. The van der Waals surface area contributed by atoms with Crippen LogP contribution in [0.1, 0.15) is 27.1 Å². The van der Waals surface area contributed by atoms with Crippen molar-refractivity contribution in [2.75, 3.05) is 11.9 Å². The minimum atomic E-state index is -0.433. The zero-order valence-corrected chi connectivity index (χ0v) is 14.9. The van der Waals surface area contributed by atoms with E-state index in [1.807, 2.05) is 24.3 Å². The van der Waals surface area contributed by atoms with Crippen molar-refractivity contribution in [1.82, 2.24) is 9.88 Å². The monoisotopic (exact) mass is 379 g/mol. The highest BCUT2D eigenvalue weighted by Gasteiger charge is 2.35. The Hall–Kier alpha value is -3.25. The molecule has 0 saturated carbocycles. The summed E-state index contributed by atoms with van der Waals surface area (Å²) in [7, 11) is 0. The summed E-state index contributed by atoms with van der Waals surface area (Å²) in [5, 5.41) is 4.09. The Kier molecular flexibility index (Phi) is 4.33. The van der Waals surface area contributed by atoms with Gasteiger partial charge in [0.05, 0.1) is 22.3 Å². The van der Waals surface area contributed by atoms with Gasteiger partial charge in [0.15, 0.2) is 0 Å². The summed E-state index contributed by atoms with van der Waals surface area (Å²) in [4.78, 5) is 42.5. The van der Waals surface area contributed by atoms with Gasteiger partial charge in [-0.3, -0.25) is 24.3 Å². The van der Waals surface area contributed by atoms with Gasteiger partial charge in [-0.1, -0.05) is 29.8 Å². The van der Waals surface area contributed by atoms with Gasteiger partial charge in [0.1, 0.15) is 0 Å². The van der Waals surface area contributed by atoms with E-state index in [9.17, 15) is 14.4 Å². The third-order valence-electron chi connectivity index (χ3n) is 4.40. The summed E-state index contributed by atoms with van der Waals surface area (Å²) in [5.74, 6) is -1.15. The van der Waals surface area contributed by atoms with Crippen LogP contribution < -0.4 is 5.32 Å². The van der Waals surface area contributed by atoms with Gasteiger partial charge in [-0.2, -0.15) is 0 Å². The lowest BCUT2D eigenvalue weighted by Gasteiger charge is -2.14. The number of para-hydroxylation sites is 1. The number of carbonyl (C=O) groups excluding carboxylic acids is 3. The van der Waals surface area contributed by atoms with Crippen LogP contribution in [0.3, 0.4) is 0 Å². The lowest BCUT2D eigenvalue weighted by molar-refractivity contribution is -0.116. The number of aromatic nitrogens is 1. The molecule has 0 spiro atoms. The maximum absolute atomic E-state index is 12.4. The molecule has 1 N–H and O–H groups in total. The highest BCUT2D eigenvalue weighted by molar-refractivity contribution is 6.32. The number of fused-ring (bicyclic) bond motifs is 2. The molecule has 0 bridgehead atoms. The van der Waals surface area contributed by atoms with E-state index in [-0.39, 0.29) is 24.4 Å². The number of pyridine rings is 1. The molecular formula is C20H14ClN3O3. The number of nitrogens with one attached hydrogen (secondary N) is 1. The Morgan fingerprint density at radius 3 is 2.67 bits per heavy atom. The van der Waals surface area contributed by atoms with Gasteiger partial charge in [0.25, 0.3) is 11.8 Å². The second kappa shape index (κ2) is 6.81. The average molecular weight is 380 g/mol. The molecule has 27 heavy (non-hydrogen) atoms. The predicted molar refractivity (Wildman–Crippen MR) is 102 cm³/mol. The Bertz CT molecular complexity index is 1090. The third kappa shape index (κ3) is 3.15. The second-order valence-electron chi connectivity index (χ2n) is 6.13. The summed E-state index contributed by atoms with van der Waals surface area (Å²) < 4.78 is 0. The first-order valence-electron chi connectivity index (χ1n) is 8.34. The number of hydrogen-bond acceptors (Lipinski definition) is 4. The van der Waals surface area contributed by atoms with Gasteiger partial charge in [-0.15, -0.1) is 0 Å². The maximum Gasteiger partial charge on any atom is 0.261 e. The molecule has 2 aromatic carbocycles. The van der Waals surface area contributed by atoms with Crippen LogP contribution in [0.15, 0.2) is 54.7 Å². The fraction of sp³-hybridized carbons (Fsp3) is 0.100. The fourth-order valence-electron chi connectivity index (χ4n) is 3.10. The van der Waals surface area contributed by atoms with Crippen LogP contribution in [0.4, 0.5) is 5.69 Å². The Morgan fingerprint density at radius 2 is 1.81 bits per heavy atom. The second-order valence-corrected chi connectivity index (χ2v) is 6.57. The molecule has 1 aliphatic rings. The molecule has 1 aliphatic heterocycles. The zero-order valence-electron chi connectivity index (χ0n) is 14.1. The van der Waals surface area contributed by atoms with Crippen molar-refractivity contribution in [3.05, 3.63) is 70.9 Å². The van der Waals surface area contributed by atoms with Crippen LogP contribution in [-0.2, 0) is 4.79 Å². The molecule has 0 fully saturated rings. The van der Waals surface area contributed by atoms with Crippen LogP contribution in [0, 0.1) is 0 Å². The molecule has 0 radical (unpaired) electrons. The molecule has 0 aliphatic carbocycles. The van der Waals surface area contributed by atoms with Crippen molar-refractivity contribution in [1.29, 1.82) is 0 Å². The van der Waals surface area contributed by atoms with E-state index >= 15 is 0 Å². The van der Waals surface area contributed by atoms with Gasteiger partial charge < -0.3 is 5.32 Å². The Balaban J connectivity index is 1.46. The maximum atomic E-state index is 12.4. The SMILES string of the molecule is O=C(CCN1C(=O)c2ccc(Cl)cc2C1=O)Nc1cccc2cccnc12. The van der Waals surface area contributed by atoms with E-state index in [0.29, 0.717) is 21.8 Å². The minimum absolute atomic E-state index is 0.00596. The van der Waals surface area contributed by atoms with Crippen LogP contribution >= 0.6 is 11.6 Å². The first kappa shape index (κ1) is 17.2. The van der Waals surface area contributed by atoms with Gasteiger partial charge in [-0.25, -0.2) is 0 Å². The van der Waals surface area contributed by atoms with E-state index in [2.05, 4.69) is 10.3 Å². The molecular weight excluding hydrogens is 366 g/mol. The molecule has 3 aromatic rings. The summed E-state index contributed by atoms with van der Waals surface area (Å²) in [6.07, 6.45) is 1.64. The van der Waals surface area contributed by atoms with Gasteiger partial charge >= 0.3 is 0 Å². The molecule has 6 nitrogen and oxygen atoms in total. The number of imide groups is 1. The van der Waals surface area contributed by atoms with Crippen molar-refractivity contribution < 1.29 is 14.4 Å². The number of halogens is 1. The topological polar surface area (TPSA) is 79.4 Å². The molecule has 1 aromatic heterocycles. The largest absolute Gasteiger partial charge is 0.324 e.